The molecule has 1 rings (SSSR count). The van der Waals surface area contributed by atoms with Gasteiger partial charge in [-0.25, -0.2) is 4.39 Å². The van der Waals surface area contributed by atoms with Crippen LogP contribution in [0.25, 0.3) is 0 Å². The predicted molar refractivity (Wildman–Crippen MR) is 81.3 cm³/mol. The van der Waals surface area contributed by atoms with Crippen molar-refractivity contribution in [1.82, 2.24) is 10.2 Å². The van der Waals surface area contributed by atoms with Crippen LogP contribution in [0, 0.1) is 11.7 Å². The van der Waals surface area contributed by atoms with Crippen molar-refractivity contribution in [2.45, 2.75) is 33.4 Å². The van der Waals surface area contributed by atoms with Crippen LogP contribution in [0.1, 0.15) is 26.3 Å². The number of nitrogens with one attached hydrogen (secondary N) is 1. The van der Waals surface area contributed by atoms with E-state index in [9.17, 15) is 14.0 Å². The lowest BCUT2D eigenvalue weighted by molar-refractivity contribution is -0.143. The van der Waals surface area contributed by atoms with Gasteiger partial charge in [0.25, 0.3) is 0 Å². The van der Waals surface area contributed by atoms with Crippen LogP contribution >= 0.6 is 0 Å². The maximum Gasteiger partial charge on any atom is 0.242 e. The molecule has 122 valence electrons. The molecule has 0 spiro atoms. The van der Waals surface area contributed by atoms with Crippen LogP contribution in [0.4, 0.5) is 4.39 Å². The fourth-order valence-corrected chi connectivity index (χ4v) is 1.99. The largest absolute Gasteiger partial charge is 0.395 e. The van der Waals surface area contributed by atoms with Crippen LogP contribution < -0.4 is 5.32 Å². The van der Waals surface area contributed by atoms with Crippen molar-refractivity contribution in [3.05, 3.63) is 35.6 Å². The Balaban J connectivity index is 2.90. The van der Waals surface area contributed by atoms with Gasteiger partial charge in [0.05, 0.1) is 6.61 Å². The number of aliphatic hydroxyl groups excluding tert-OH is 1. The first-order valence-electron chi connectivity index (χ1n) is 7.30. The number of nitrogens with zero attached hydrogens (tertiary/aromatic N) is 1. The summed E-state index contributed by atoms with van der Waals surface area (Å²) in [6.45, 7) is 5.37. The number of carbonyl (C=O) groups excluding carboxylic acids is 2. The summed E-state index contributed by atoms with van der Waals surface area (Å²) in [6, 6.07) is 5.16. The molecule has 0 aliphatic heterocycles. The van der Waals surface area contributed by atoms with Crippen LogP contribution in [-0.2, 0) is 16.1 Å². The third-order valence-electron chi connectivity index (χ3n) is 3.30. The number of amides is 2. The molecule has 1 aromatic rings. The normalized spacial score (nSPS) is 12.1. The minimum atomic E-state index is -0.675. The molecule has 0 aromatic heterocycles. The van der Waals surface area contributed by atoms with Gasteiger partial charge in [-0.1, -0.05) is 26.0 Å². The Kier molecular flexibility index (Phi) is 6.98. The summed E-state index contributed by atoms with van der Waals surface area (Å²) in [4.78, 5) is 25.9. The van der Waals surface area contributed by atoms with E-state index in [1.807, 2.05) is 0 Å². The summed E-state index contributed by atoms with van der Waals surface area (Å²) in [7, 11) is 0. The number of carbonyl (C=O) groups is 2. The lowest BCUT2D eigenvalue weighted by Gasteiger charge is -2.30. The molecule has 22 heavy (non-hydrogen) atoms. The van der Waals surface area contributed by atoms with Gasteiger partial charge < -0.3 is 15.3 Å². The van der Waals surface area contributed by atoms with Crippen LogP contribution in [0.2, 0.25) is 0 Å². The fraction of sp³-hybridized carbons (Fsp3) is 0.500. The Hall–Kier alpha value is -1.95. The fourth-order valence-electron chi connectivity index (χ4n) is 1.99. The van der Waals surface area contributed by atoms with Crippen LogP contribution in [0.5, 0.6) is 0 Å². The van der Waals surface area contributed by atoms with Crippen LogP contribution in [0.15, 0.2) is 24.3 Å². The molecule has 0 aliphatic carbocycles. The van der Waals surface area contributed by atoms with Crippen molar-refractivity contribution in [3.63, 3.8) is 0 Å². The van der Waals surface area contributed by atoms with Gasteiger partial charge in [0.2, 0.25) is 11.8 Å². The van der Waals surface area contributed by atoms with Crippen molar-refractivity contribution in [1.29, 1.82) is 0 Å². The molecule has 0 bridgehead atoms. The Morgan fingerprint density at radius 1 is 1.23 bits per heavy atom. The highest BCUT2D eigenvalue weighted by Gasteiger charge is 2.27. The zero-order valence-electron chi connectivity index (χ0n) is 13.2. The molecule has 0 saturated heterocycles. The maximum atomic E-state index is 13.0. The summed E-state index contributed by atoms with van der Waals surface area (Å²) < 4.78 is 13.0. The number of rotatable bonds is 7. The quantitative estimate of drug-likeness (QED) is 0.798. The molecular weight excluding hydrogens is 287 g/mol. The lowest BCUT2D eigenvalue weighted by atomic mass is 10.1. The summed E-state index contributed by atoms with van der Waals surface area (Å²) in [5.41, 5.74) is 0.747. The zero-order chi connectivity index (χ0) is 16.7. The SMILES string of the molecule is CC(C)C(=O)N(Cc1ccc(F)cc1)[C@@H](C)C(=O)NCCO. The predicted octanol–water partition coefficient (Wildman–Crippen LogP) is 1.31. The highest BCUT2D eigenvalue weighted by molar-refractivity contribution is 5.88. The summed E-state index contributed by atoms with van der Waals surface area (Å²) in [5, 5.41) is 11.3. The molecule has 0 radical (unpaired) electrons. The molecule has 0 fully saturated rings. The smallest absolute Gasteiger partial charge is 0.242 e. The first-order valence-corrected chi connectivity index (χ1v) is 7.30. The second-order valence-electron chi connectivity index (χ2n) is 5.44. The average Bonchev–Trinajstić information content (AvgIpc) is 2.50. The molecule has 2 N–H and O–H groups in total. The summed E-state index contributed by atoms with van der Waals surface area (Å²) >= 11 is 0. The first-order chi connectivity index (χ1) is 10.4. The Morgan fingerprint density at radius 2 is 1.82 bits per heavy atom. The average molecular weight is 310 g/mol. The highest BCUT2D eigenvalue weighted by Crippen LogP contribution is 2.13. The van der Waals surface area contributed by atoms with Gasteiger partial charge >= 0.3 is 0 Å². The molecular formula is C16H23FN2O3. The first kappa shape index (κ1) is 18.1. The molecule has 1 aromatic carbocycles. The van der Waals surface area contributed by atoms with Gasteiger partial charge in [-0.2, -0.15) is 0 Å². The van der Waals surface area contributed by atoms with Gasteiger partial charge in [-0.3, -0.25) is 9.59 Å². The van der Waals surface area contributed by atoms with E-state index in [1.54, 1.807) is 32.9 Å². The van der Waals surface area contributed by atoms with Crippen molar-refractivity contribution >= 4 is 11.8 Å². The molecule has 0 unspecified atom stereocenters. The molecule has 0 heterocycles. The molecule has 5 nitrogen and oxygen atoms in total. The topological polar surface area (TPSA) is 69.6 Å². The summed E-state index contributed by atoms with van der Waals surface area (Å²) in [6.07, 6.45) is 0. The zero-order valence-corrected chi connectivity index (χ0v) is 13.2. The number of hydrogen-bond acceptors (Lipinski definition) is 3. The second kappa shape index (κ2) is 8.48. The van der Waals surface area contributed by atoms with Gasteiger partial charge in [-0.15, -0.1) is 0 Å². The van der Waals surface area contributed by atoms with E-state index < -0.39 is 6.04 Å². The Morgan fingerprint density at radius 3 is 2.32 bits per heavy atom. The molecule has 0 saturated carbocycles. The minimum absolute atomic E-state index is 0.142. The van der Waals surface area contributed by atoms with Crippen molar-refractivity contribution < 1.29 is 19.1 Å². The standard InChI is InChI=1S/C16H23FN2O3/c1-11(2)16(22)19(12(3)15(21)18-8-9-20)10-13-4-6-14(17)7-5-13/h4-7,11-12,20H,8-10H2,1-3H3,(H,18,21)/t12-/m0/s1. The van der Waals surface area contributed by atoms with Crippen LogP contribution in [0.3, 0.4) is 0 Å². The third-order valence-corrected chi connectivity index (χ3v) is 3.30. The van der Waals surface area contributed by atoms with Crippen molar-refractivity contribution in [3.8, 4) is 0 Å². The van der Waals surface area contributed by atoms with Gasteiger partial charge in [0, 0.05) is 19.0 Å². The highest BCUT2D eigenvalue weighted by atomic mass is 19.1. The van der Waals surface area contributed by atoms with Crippen molar-refractivity contribution in [2.24, 2.45) is 5.92 Å². The minimum Gasteiger partial charge on any atom is -0.395 e. The maximum absolute atomic E-state index is 13.0. The molecule has 2 amide bonds. The second-order valence-corrected chi connectivity index (χ2v) is 5.44. The van der Waals surface area contributed by atoms with Crippen molar-refractivity contribution in [2.75, 3.05) is 13.2 Å². The number of hydrogen-bond donors (Lipinski definition) is 2. The van der Waals surface area contributed by atoms with E-state index in [4.69, 9.17) is 5.11 Å². The number of aliphatic hydroxyl groups is 1. The van der Waals surface area contributed by atoms with Gasteiger partial charge in [-0.05, 0) is 24.6 Å². The number of halogens is 1. The van der Waals surface area contributed by atoms with E-state index in [0.717, 1.165) is 5.56 Å². The Bertz CT molecular complexity index is 503. The van der Waals surface area contributed by atoms with E-state index in [0.29, 0.717) is 0 Å². The Labute approximate surface area is 130 Å². The van der Waals surface area contributed by atoms with E-state index in [2.05, 4.69) is 5.32 Å². The molecule has 0 aliphatic rings. The third kappa shape index (κ3) is 5.11. The van der Waals surface area contributed by atoms with E-state index in [1.165, 1.54) is 17.0 Å². The number of benzene rings is 1. The summed E-state index contributed by atoms with van der Waals surface area (Å²) in [5.74, 6) is -1.09. The van der Waals surface area contributed by atoms with E-state index in [-0.39, 0.29) is 43.2 Å². The van der Waals surface area contributed by atoms with Gasteiger partial charge in [0.15, 0.2) is 0 Å². The molecule has 1 atom stereocenters. The van der Waals surface area contributed by atoms with Crippen LogP contribution in [-0.4, -0.2) is 41.0 Å². The van der Waals surface area contributed by atoms with E-state index >= 15 is 0 Å². The lowest BCUT2D eigenvalue weighted by Crippen LogP contribution is -2.49. The molecule has 6 heteroatoms. The monoisotopic (exact) mass is 310 g/mol. The van der Waals surface area contributed by atoms with Gasteiger partial charge in [0.1, 0.15) is 11.9 Å².